The van der Waals surface area contributed by atoms with Crippen LogP contribution in [0.1, 0.15) is 323 Å². The highest BCUT2D eigenvalue weighted by atomic mass is 16.6. The van der Waals surface area contributed by atoms with Gasteiger partial charge in [-0.05, 0) is 89.9 Å². The normalized spacial score (nSPS) is 12.8. The van der Waals surface area contributed by atoms with E-state index in [9.17, 15) is 14.4 Å². The van der Waals surface area contributed by atoms with Crippen molar-refractivity contribution in [3.8, 4) is 0 Å². The van der Waals surface area contributed by atoms with Crippen LogP contribution >= 0.6 is 0 Å². The van der Waals surface area contributed by atoms with Crippen LogP contribution in [0.3, 0.4) is 0 Å². The Labute approximate surface area is 495 Å². The largest absolute Gasteiger partial charge is 0.462 e. The van der Waals surface area contributed by atoms with Gasteiger partial charge in [-0.1, -0.05) is 323 Å². The topological polar surface area (TPSA) is 78.9 Å². The number of carbonyl (C=O) groups excluding carboxylic acids is 3. The molecule has 458 valence electrons. The molecular weight excluding hydrogens is 985 g/mol. The molecule has 0 fully saturated rings. The second kappa shape index (κ2) is 67.6. The fourth-order valence-electron chi connectivity index (χ4n) is 9.50. The Morgan fingerprint density at radius 1 is 0.263 bits per heavy atom. The van der Waals surface area contributed by atoms with Crippen LogP contribution in [0.4, 0.5) is 0 Å². The standard InChI is InChI=1S/C74H126O6/c1-4-7-10-13-16-19-22-25-28-30-31-32-33-34-35-36-37-38-39-40-41-42-43-44-47-49-52-55-58-61-64-67-73(76)79-70-71(69-78-72(75)66-63-60-57-54-51-48-45-27-24-21-18-15-12-9-6-3)80-74(77)68-65-62-59-56-53-50-46-29-26-23-20-17-14-11-8-5-2/h7,10,16,19,25,28,31-32,34-35,37-38,40-41,43-44,49,52,71H,4-6,8-9,11-15,17-18,20-24,26-27,29-30,33,36,39,42,45-48,50-51,53-70H2,1-3H3/b10-7-,19-16-,28-25-,32-31-,35-34-,38-37-,41-40-,44-43-,52-49-. The molecule has 6 heteroatoms. The summed E-state index contributed by atoms with van der Waals surface area (Å²) in [7, 11) is 0. The molecule has 0 saturated carbocycles. The lowest BCUT2D eigenvalue weighted by Crippen LogP contribution is -2.30. The minimum absolute atomic E-state index is 0.0845. The van der Waals surface area contributed by atoms with Crippen LogP contribution in [0.15, 0.2) is 109 Å². The minimum atomic E-state index is -0.791. The second-order valence-corrected chi connectivity index (χ2v) is 22.4. The zero-order chi connectivity index (χ0) is 57.8. The van der Waals surface area contributed by atoms with Gasteiger partial charge < -0.3 is 14.2 Å². The average molecular weight is 1110 g/mol. The molecule has 1 unspecified atom stereocenters. The van der Waals surface area contributed by atoms with Gasteiger partial charge in [-0.25, -0.2) is 0 Å². The molecule has 80 heavy (non-hydrogen) atoms. The monoisotopic (exact) mass is 1110 g/mol. The molecule has 0 rings (SSSR count). The van der Waals surface area contributed by atoms with Crippen molar-refractivity contribution in [2.45, 2.75) is 329 Å². The lowest BCUT2D eigenvalue weighted by molar-refractivity contribution is -0.167. The van der Waals surface area contributed by atoms with Crippen molar-refractivity contribution in [1.82, 2.24) is 0 Å². The van der Waals surface area contributed by atoms with Gasteiger partial charge in [-0.2, -0.15) is 0 Å². The van der Waals surface area contributed by atoms with E-state index < -0.39 is 6.10 Å². The van der Waals surface area contributed by atoms with E-state index >= 15 is 0 Å². The Bertz CT molecular complexity index is 1610. The third-order valence-electron chi connectivity index (χ3n) is 14.5. The lowest BCUT2D eigenvalue weighted by atomic mass is 10.0. The van der Waals surface area contributed by atoms with Crippen molar-refractivity contribution in [3.63, 3.8) is 0 Å². The Morgan fingerprint density at radius 3 is 0.762 bits per heavy atom. The highest BCUT2D eigenvalue weighted by Gasteiger charge is 2.19. The summed E-state index contributed by atoms with van der Waals surface area (Å²) in [6.45, 7) is 6.54. The van der Waals surface area contributed by atoms with Crippen LogP contribution in [-0.2, 0) is 28.6 Å². The maximum atomic E-state index is 12.9. The average Bonchev–Trinajstić information content (AvgIpc) is 3.46. The fraction of sp³-hybridized carbons (Fsp3) is 0.716. The molecule has 0 heterocycles. The maximum absolute atomic E-state index is 12.9. The number of unbranched alkanes of at least 4 members (excludes halogenated alkanes) is 32. The highest BCUT2D eigenvalue weighted by Crippen LogP contribution is 2.17. The van der Waals surface area contributed by atoms with Crippen molar-refractivity contribution in [2.75, 3.05) is 13.2 Å². The van der Waals surface area contributed by atoms with E-state index in [4.69, 9.17) is 14.2 Å². The molecule has 0 N–H and O–H groups in total. The summed E-state index contributed by atoms with van der Waals surface area (Å²) >= 11 is 0. The molecule has 0 aromatic heterocycles. The molecule has 0 spiro atoms. The van der Waals surface area contributed by atoms with Gasteiger partial charge in [0.1, 0.15) is 13.2 Å². The zero-order valence-corrected chi connectivity index (χ0v) is 52.6. The molecule has 0 saturated heterocycles. The summed E-state index contributed by atoms with van der Waals surface area (Å²) < 4.78 is 16.9. The first kappa shape index (κ1) is 76.1. The smallest absolute Gasteiger partial charge is 0.306 e. The van der Waals surface area contributed by atoms with Crippen LogP contribution < -0.4 is 0 Å². The van der Waals surface area contributed by atoms with E-state index in [1.807, 2.05) is 0 Å². The van der Waals surface area contributed by atoms with E-state index in [-0.39, 0.29) is 31.1 Å². The summed E-state index contributed by atoms with van der Waals surface area (Å²) in [4.78, 5) is 38.4. The molecule has 1 atom stereocenters. The molecule has 0 bridgehead atoms. The molecule has 0 aliphatic rings. The van der Waals surface area contributed by atoms with Gasteiger partial charge >= 0.3 is 17.9 Å². The second-order valence-electron chi connectivity index (χ2n) is 22.4. The van der Waals surface area contributed by atoms with Crippen molar-refractivity contribution < 1.29 is 28.6 Å². The Hall–Kier alpha value is -3.93. The molecular formula is C74H126O6. The molecule has 0 aromatic carbocycles. The summed E-state index contributed by atoms with van der Waals surface area (Å²) in [5, 5.41) is 0. The molecule has 0 aromatic rings. The van der Waals surface area contributed by atoms with Crippen molar-refractivity contribution in [2.24, 2.45) is 0 Å². The minimum Gasteiger partial charge on any atom is -0.462 e. The summed E-state index contributed by atoms with van der Waals surface area (Å²) in [6, 6.07) is 0. The summed E-state index contributed by atoms with van der Waals surface area (Å²) in [5.74, 6) is -0.904. The van der Waals surface area contributed by atoms with Gasteiger partial charge in [-0.3, -0.25) is 14.4 Å². The summed E-state index contributed by atoms with van der Waals surface area (Å²) in [6.07, 6.45) is 92.4. The lowest BCUT2D eigenvalue weighted by Gasteiger charge is -2.18. The number of hydrogen-bond acceptors (Lipinski definition) is 6. The molecule has 0 radical (unpaired) electrons. The number of rotatable bonds is 61. The van der Waals surface area contributed by atoms with E-state index in [0.717, 1.165) is 122 Å². The van der Waals surface area contributed by atoms with Gasteiger partial charge in [0.25, 0.3) is 0 Å². The molecule has 0 aliphatic heterocycles. The van der Waals surface area contributed by atoms with E-state index in [0.29, 0.717) is 19.3 Å². The van der Waals surface area contributed by atoms with Crippen molar-refractivity contribution in [1.29, 1.82) is 0 Å². The fourth-order valence-corrected chi connectivity index (χ4v) is 9.50. The SMILES string of the molecule is CC/C=C\C/C=C\C/C=C\C/C=C\C/C=C\C/C=C\C/C=C\C/C=C\C/C=C\CCCCCC(=O)OCC(COC(=O)CCCCCCCCCCCCCCCCC)OC(=O)CCCCCCCCCCCCCCCCCC. The van der Waals surface area contributed by atoms with Gasteiger partial charge in [0.05, 0.1) is 0 Å². The predicted molar refractivity (Wildman–Crippen MR) is 348 cm³/mol. The van der Waals surface area contributed by atoms with Crippen molar-refractivity contribution >= 4 is 17.9 Å². The van der Waals surface area contributed by atoms with Crippen LogP contribution in [0, 0.1) is 0 Å². The van der Waals surface area contributed by atoms with Crippen molar-refractivity contribution in [3.05, 3.63) is 109 Å². The first-order chi connectivity index (χ1) is 39.5. The third kappa shape index (κ3) is 64.9. The Balaban J connectivity index is 4.37. The Kier molecular flexibility index (Phi) is 64.3. The summed E-state index contributed by atoms with van der Waals surface area (Å²) in [5.41, 5.74) is 0. The maximum Gasteiger partial charge on any atom is 0.306 e. The van der Waals surface area contributed by atoms with Gasteiger partial charge in [0.2, 0.25) is 0 Å². The van der Waals surface area contributed by atoms with E-state index in [2.05, 4.69) is 130 Å². The number of ether oxygens (including phenoxy) is 3. The quantitative estimate of drug-likeness (QED) is 0.0261. The molecule has 0 aliphatic carbocycles. The zero-order valence-electron chi connectivity index (χ0n) is 52.6. The highest BCUT2D eigenvalue weighted by molar-refractivity contribution is 5.71. The van der Waals surface area contributed by atoms with Gasteiger partial charge in [-0.15, -0.1) is 0 Å². The Morgan fingerprint density at radius 2 is 0.487 bits per heavy atom. The van der Waals surface area contributed by atoms with Crippen LogP contribution in [0.2, 0.25) is 0 Å². The van der Waals surface area contributed by atoms with Gasteiger partial charge in [0.15, 0.2) is 6.10 Å². The van der Waals surface area contributed by atoms with E-state index in [1.165, 1.54) is 161 Å². The number of allylic oxidation sites excluding steroid dienone is 18. The van der Waals surface area contributed by atoms with Crippen LogP contribution in [0.5, 0.6) is 0 Å². The van der Waals surface area contributed by atoms with Crippen LogP contribution in [0.25, 0.3) is 0 Å². The molecule has 6 nitrogen and oxygen atoms in total. The third-order valence-corrected chi connectivity index (χ3v) is 14.5. The number of hydrogen-bond donors (Lipinski definition) is 0. The first-order valence-electron chi connectivity index (χ1n) is 33.9. The molecule has 0 amide bonds. The predicted octanol–water partition coefficient (Wildman–Crippen LogP) is 23.4. The number of esters is 3. The number of carbonyl (C=O) groups is 3. The van der Waals surface area contributed by atoms with Crippen LogP contribution in [-0.4, -0.2) is 37.2 Å². The van der Waals surface area contributed by atoms with Gasteiger partial charge in [0, 0.05) is 19.3 Å². The van der Waals surface area contributed by atoms with E-state index in [1.54, 1.807) is 0 Å². The first-order valence-corrected chi connectivity index (χ1v) is 33.9.